The van der Waals surface area contributed by atoms with E-state index in [-0.39, 0.29) is 30.8 Å². The Kier molecular flexibility index (Phi) is 7.54. The molecule has 0 unspecified atom stereocenters. The number of ether oxygens (including phenoxy) is 1. The molecule has 1 aliphatic rings. The summed E-state index contributed by atoms with van der Waals surface area (Å²) in [6.45, 7) is 5.86. The molecule has 0 saturated carbocycles. The number of nitrogens with zero attached hydrogens (tertiary/aromatic N) is 1. The number of esters is 1. The second-order valence-corrected chi connectivity index (χ2v) is 7.29. The topological polar surface area (TPSA) is 105 Å². The summed E-state index contributed by atoms with van der Waals surface area (Å²) in [6.07, 6.45) is 0.0481. The van der Waals surface area contributed by atoms with Crippen molar-refractivity contribution < 1.29 is 23.9 Å². The maximum atomic E-state index is 12.3. The van der Waals surface area contributed by atoms with E-state index in [1.54, 1.807) is 4.90 Å². The van der Waals surface area contributed by atoms with Crippen LogP contribution in [-0.2, 0) is 19.1 Å². The first-order chi connectivity index (χ1) is 13.3. The lowest BCUT2D eigenvalue weighted by Crippen LogP contribution is -2.42. The molecule has 4 amide bonds. The Hall–Kier alpha value is -2.90. The number of imide groups is 1. The van der Waals surface area contributed by atoms with E-state index in [4.69, 9.17) is 4.74 Å². The van der Waals surface area contributed by atoms with Crippen LogP contribution in [0.4, 0.5) is 4.79 Å². The van der Waals surface area contributed by atoms with Gasteiger partial charge in [-0.15, -0.1) is 0 Å². The maximum absolute atomic E-state index is 12.3. The number of carbonyl (C=O) groups is 4. The monoisotopic (exact) mass is 389 g/mol. The van der Waals surface area contributed by atoms with Gasteiger partial charge in [0, 0.05) is 19.5 Å². The summed E-state index contributed by atoms with van der Waals surface area (Å²) >= 11 is 0. The molecule has 1 aromatic rings. The number of amides is 4. The lowest BCUT2D eigenvalue weighted by Gasteiger charge is -2.25. The molecule has 2 rings (SSSR count). The molecule has 1 saturated heterocycles. The van der Waals surface area contributed by atoms with Gasteiger partial charge in [0.05, 0.1) is 12.0 Å². The molecule has 1 heterocycles. The van der Waals surface area contributed by atoms with Gasteiger partial charge < -0.3 is 15.0 Å². The fourth-order valence-electron chi connectivity index (χ4n) is 2.93. The van der Waals surface area contributed by atoms with Gasteiger partial charge in [-0.2, -0.15) is 0 Å². The SMILES string of the molecule is CC(C)CNC(=O)NC(=O)COC(=O)[C@H]1CC(=O)N([C@@H](C)c2ccccc2)C1. The molecule has 0 radical (unpaired) electrons. The summed E-state index contributed by atoms with van der Waals surface area (Å²) in [7, 11) is 0. The van der Waals surface area contributed by atoms with E-state index in [2.05, 4.69) is 10.6 Å². The van der Waals surface area contributed by atoms with Crippen molar-refractivity contribution in [3.05, 3.63) is 35.9 Å². The van der Waals surface area contributed by atoms with Crippen LogP contribution >= 0.6 is 0 Å². The Labute approximate surface area is 164 Å². The third kappa shape index (κ3) is 6.07. The molecule has 8 heteroatoms. The van der Waals surface area contributed by atoms with Crippen LogP contribution in [0.15, 0.2) is 30.3 Å². The Morgan fingerprint density at radius 1 is 1.18 bits per heavy atom. The highest BCUT2D eigenvalue weighted by Crippen LogP contribution is 2.28. The highest BCUT2D eigenvalue weighted by molar-refractivity contribution is 5.96. The number of hydrogen-bond donors (Lipinski definition) is 2. The molecule has 0 bridgehead atoms. The Morgan fingerprint density at radius 2 is 1.86 bits per heavy atom. The van der Waals surface area contributed by atoms with Crippen molar-refractivity contribution in [1.82, 2.24) is 15.5 Å². The molecular formula is C20H27N3O5. The Balaban J connectivity index is 1.79. The standard InChI is InChI=1S/C20H27N3O5/c1-13(2)10-21-20(27)22-17(24)12-28-19(26)16-9-18(25)23(11-16)14(3)15-7-5-4-6-8-15/h4-8,13-14,16H,9-12H2,1-3H3,(H2,21,22,24,27)/t14-,16-/m0/s1. The van der Waals surface area contributed by atoms with Crippen molar-refractivity contribution in [2.24, 2.45) is 11.8 Å². The molecule has 0 aromatic heterocycles. The number of hydrogen-bond acceptors (Lipinski definition) is 5. The van der Waals surface area contributed by atoms with Gasteiger partial charge in [0.25, 0.3) is 5.91 Å². The summed E-state index contributed by atoms with van der Waals surface area (Å²) in [4.78, 5) is 49.4. The van der Waals surface area contributed by atoms with Crippen LogP contribution in [0.25, 0.3) is 0 Å². The molecule has 8 nitrogen and oxygen atoms in total. The minimum Gasteiger partial charge on any atom is -0.455 e. The number of carbonyl (C=O) groups excluding carboxylic acids is 4. The number of likely N-dealkylation sites (tertiary alicyclic amines) is 1. The van der Waals surface area contributed by atoms with Crippen molar-refractivity contribution in [2.75, 3.05) is 19.7 Å². The lowest BCUT2D eigenvalue weighted by atomic mass is 10.1. The van der Waals surface area contributed by atoms with Gasteiger partial charge in [0.1, 0.15) is 0 Å². The zero-order valence-corrected chi connectivity index (χ0v) is 16.4. The van der Waals surface area contributed by atoms with Gasteiger partial charge in [-0.05, 0) is 18.4 Å². The van der Waals surface area contributed by atoms with E-state index in [0.29, 0.717) is 6.54 Å². The maximum Gasteiger partial charge on any atom is 0.321 e. The van der Waals surface area contributed by atoms with Gasteiger partial charge in [0.2, 0.25) is 5.91 Å². The summed E-state index contributed by atoms with van der Waals surface area (Å²) in [5.74, 6) is -1.83. The molecule has 2 N–H and O–H groups in total. The average Bonchev–Trinajstić information content (AvgIpc) is 3.06. The van der Waals surface area contributed by atoms with Crippen LogP contribution < -0.4 is 10.6 Å². The highest BCUT2D eigenvalue weighted by Gasteiger charge is 2.38. The molecular weight excluding hydrogens is 362 g/mol. The fourth-order valence-corrected chi connectivity index (χ4v) is 2.93. The molecule has 0 spiro atoms. The van der Waals surface area contributed by atoms with E-state index >= 15 is 0 Å². The number of rotatable bonds is 7. The van der Waals surface area contributed by atoms with Gasteiger partial charge >= 0.3 is 12.0 Å². The minimum absolute atomic E-state index is 0.0481. The van der Waals surface area contributed by atoms with Gasteiger partial charge in [-0.1, -0.05) is 44.2 Å². The van der Waals surface area contributed by atoms with Gasteiger partial charge in [-0.3, -0.25) is 19.7 Å². The third-order valence-corrected chi connectivity index (χ3v) is 4.51. The van der Waals surface area contributed by atoms with Gasteiger partial charge in [0.15, 0.2) is 6.61 Å². The third-order valence-electron chi connectivity index (χ3n) is 4.51. The smallest absolute Gasteiger partial charge is 0.321 e. The zero-order chi connectivity index (χ0) is 20.7. The average molecular weight is 389 g/mol. The fraction of sp³-hybridized carbons (Fsp3) is 0.500. The van der Waals surface area contributed by atoms with Crippen molar-refractivity contribution >= 4 is 23.8 Å². The van der Waals surface area contributed by atoms with E-state index in [1.807, 2.05) is 51.1 Å². The van der Waals surface area contributed by atoms with Crippen molar-refractivity contribution in [3.8, 4) is 0 Å². The normalized spacial score (nSPS) is 17.4. The van der Waals surface area contributed by atoms with Crippen LogP contribution in [0.1, 0.15) is 38.8 Å². The number of urea groups is 1. The van der Waals surface area contributed by atoms with Crippen molar-refractivity contribution in [2.45, 2.75) is 33.2 Å². The first-order valence-corrected chi connectivity index (χ1v) is 9.36. The molecule has 1 aliphatic heterocycles. The van der Waals surface area contributed by atoms with E-state index < -0.39 is 30.4 Å². The van der Waals surface area contributed by atoms with Crippen molar-refractivity contribution in [3.63, 3.8) is 0 Å². The second kappa shape index (κ2) is 9.87. The van der Waals surface area contributed by atoms with Crippen LogP contribution in [0, 0.1) is 11.8 Å². The van der Waals surface area contributed by atoms with Gasteiger partial charge in [-0.25, -0.2) is 4.79 Å². The molecule has 152 valence electrons. The van der Waals surface area contributed by atoms with Crippen molar-refractivity contribution in [1.29, 1.82) is 0 Å². The predicted molar refractivity (Wildman–Crippen MR) is 102 cm³/mol. The lowest BCUT2D eigenvalue weighted by molar-refractivity contribution is -0.152. The number of benzene rings is 1. The molecule has 2 atom stereocenters. The summed E-state index contributed by atoms with van der Waals surface area (Å²) in [6, 6.07) is 8.77. The summed E-state index contributed by atoms with van der Waals surface area (Å²) in [5.41, 5.74) is 0.983. The first kappa shape index (κ1) is 21.4. The predicted octanol–water partition coefficient (Wildman–Crippen LogP) is 1.62. The van der Waals surface area contributed by atoms with Crippen LogP contribution in [0.3, 0.4) is 0 Å². The highest BCUT2D eigenvalue weighted by atomic mass is 16.5. The molecule has 1 aromatic carbocycles. The zero-order valence-electron chi connectivity index (χ0n) is 16.4. The quantitative estimate of drug-likeness (QED) is 0.690. The summed E-state index contributed by atoms with van der Waals surface area (Å²) in [5, 5.41) is 4.63. The Morgan fingerprint density at radius 3 is 2.50 bits per heavy atom. The van der Waals surface area contributed by atoms with E-state index in [9.17, 15) is 19.2 Å². The van der Waals surface area contributed by atoms with E-state index in [0.717, 1.165) is 5.56 Å². The largest absolute Gasteiger partial charge is 0.455 e. The van der Waals surface area contributed by atoms with Crippen LogP contribution in [0.2, 0.25) is 0 Å². The summed E-state index contributed by atoms with van der Waals surface area (Å²) < 4.78 is 4.99. The minimum atomic E-state index is -0.714. The molecule has 0 aliphatic carbocycles. The van der Waals surface area contributed by atoms with Crippen LogP contribution in [0.5, 0.6) is 0 Å². The second-order valence-electron chi connectivity index (χ2n) is 7.29. The van der Waals surface area contributed by atoms with E-state index in [1.165, 1.54) is 0 Å². The number of nitrogens with one attached hydrogen (secondary N) is 2. The Bertz CT molecular complexity index is 720. The molecule has 28 heavy (non-hydrogen) atoms. The van der Waals surface area contributed by atoms with Crippen LogP contribution in [-0.4, -0.2) is 48.4 Å². The first-order valence-electron chi connectivity index (χ1n) is 9.36. The molecule has 1 fully saturated rings.